The van der Waals surface area contributed by atoms with Crippen LogP contribution >= 0.6 is 31.9 Å². The number of hydrogen-bond acceptors (Lipinski definition) is 1. The minimum Gasteiger partial charge on any atom is -0.345 e. The molecule has 1 N–H and O–H groups in total. The van der Waals surface area contributed by atoms with Crippen LogP contribution in [-0.2, 0) is 0 Å². The van der Waals surface area contributed by atoms with Gasteiger partial charge < -0.3 is 5.32 Å². The normalized spacial score (nSPS) is 11.9. The number of rotatable bonds is 4. The molecule has 2 nitrogen and oxygen atoms in total. The molecule has 0 aliphatic carbocycles. The minimum atomic E-state index is -0.0488. The molecule has 0 fully saturated rings. The molecule has 1 unspecified atom stereocenters. The quantitative estimate of drug-likeness (QED) is 0.765. The first kappa shape index (κ1) is 15.3. The van der Waals surface area contributed by atoms with Crippen molar-refractivity contribution in [2.24, 2.45) is 0 Å². The molecule has 0 aromatic heterocycles. The predicted octanol–water partition coefficient (Wildman–Crippen LogP) is 5.09. The molecule has 0 aliphatic rings. The number of carbonyl (C=O) groups excluding carboxylic acids is 1. The zero-order chi connectivity index (χ0) is 14.5. The van der Waals surface area contributed by atoms with Gasteiger partial charge in [-0.05, 0) is 48.4 Å². The lowest BCUT2D eigenvalue weighted by atomic mass is 10.0. The third-order valence-electron chi connectivity index (χ3n) is 3.09. The van der Waals surface area contributed by atoms with Gasteiger partial charge in [-0.1, -0.05) is 50.9 Å². The molecule has 0 heterocycles. The second-order valence-corrected chi connectivity index (χ2v) is 6.32. The van der Waals surface area contributed by atoms with Crippen molar-refractivity contribution >= 4 is 37.8 Å². The maximum absolute atomic E-state index is 12.2. The van der Waals surface area contributed by atoms with Crippen molar-refractivity contribution in [3.63, 3.8) is 0 Å². The van der Waals surface area contributed by atoms with Crippen LogP contribution in [0.2, 0.25) is 0 Å². The SMILES string of the molecule is CCC(NC(=O)c1ccc(Br)cc1)c1ccc(Br)cc1. The lowest BCUT2D eigenvalue weighted by Crippen LogP contribution is -2.28. The summed E-state index contributed by atoms with van der Waals surface area (Å²) in [4.78, 5) is 12.2. The largest absolute Gasteiger partial charge is 0.345 e. The Morgan fingerprint density at radius 1 is 1.00 bits per heavy atom. The van der Waals surface area contributed by atoms with E-state index in [0.29, 0.717) is 5.56 Å². The molecule has 2 aromatic carbocycles. The Morgan fingerprint density at radius 3 is 2.00 bits per heavy atom. The molecule has 104 valence electrons. The summed E-state index contributed by atoms with van der Waals surface area (Å²) in [6.45, 7) is 2.06. The second-order valence-electron chi connectivity index (χ2n) is 4.49. The van der Waals surface area contributed by atoms with E-state index in [1.54, 1.807) is 0 Å². The van der Waals surface area contributed by atoms with E-state index in [0.717, 1.165) is 20.9 Å². The van der Waals surface area contributed by atoms with Gasteiger partial charge in [0, 0.05) is 14.5 Å². The van der Waals surface area contributed by atoms with Crippen LogP contribution in [0.3, 0.4) is 0 Å². The molecular weight excluding hydrogens is 382 g/mol. The Morgan fingerprint density at radius 2 is 1.50 bits per heavy atom. The number of hydrogen-bond donors (Lipinski definition) is 1. The molecule has 4 heteroatoms. The van der Waals surface area contributed by atoms with Gasteiger partial charge in [-0.15, -0.1) is 0 Å². The third-order valence-corrected chi connectivity index (χ3v) is 4.15. The molecule has 1 atom stereocenters. The number of nitrogens with one attached hydrogen (secondary N) is 1. The van der Waals surface area contributed by atoms with Gasteiger partial charge in [0.25, 0.3) is 5.91 Å². The van der Waals surface area contributed by atoms with Crippen molar-refractivity contribution in [2.45, 2.75) is 19.4 Å². The first-order valence-corrected chi connectivity index (χ1v) is 8.00. The Balaban J connectivity index is 2.11. The van der Waals surface area contributed by atoms with Crippen LogP contribution in [0.1, 0.15) is 35.3 Å². The average molecular weight is 397 g/mol. The summed E-state index contributed by atoms with van der Waals surface area (Å²) in [5, 5.41) is 3.07. The third kappa shape index (κ3) is 3.93. The van der Waals surface area contributed by atoms with Crippen LogP contribution < -0.4 is 5.32 Å². The summed E-state index contributed by atoms with van der Waals surface area (Å²) in [5.41, 5.74) is 1.78. The number of carbonyl (C=O) groups is 1. The molecule has 0 spiro atoms. The van der Waals surface area contributed by atoms with Gasteiger partial charge in [0.2, 0.25) is 0 Å². The maximum Gasteiger partial charge on any atom is 0.251 e. The second kappa shape index (κ2) is 7.04. The summed E-state index contributed by atoms with van der Waals surface area (Å²) in [6.07, 6.45) is 0.851. The summed E-state index contributed by atoms with van der Waals surface area (Å²) in [6, 6.07) is 15.4. The van der Waals surface area contributed by atoms with Crippen LogP contribution in [0.5, 0.6) is 0 Å². The van der Waals surface area contributed by atoms with Crippen LogP contribution in [0.15, 0.2) is 57.5 Å². The zero-order valence-electron chi connectivity index (χ0n) is 11.1. The van der Waals surface area contributed by atoms with Crippen molar-refractivity contribution in [3.8, 4) is 0 Å². The molecule has 0 saturated heterocycles. The van der Waals surface area contributed by atoms with Gasteiger partial charge in [-0.3, -0.25) is 4.79 Å². The summed E-state index contributed by atoms with van der Waals surface area (Å²) in [5.74, 6) is -0.0488. The molecule has 20 heavy (non-hydrogen) atoms. The maximum atomic E-state index is 12.2. The van der Waals surface area contributed by atoms with Crippen molar-refractivity contribution in [1.82, 2.24) is 5.32 Å². The number of amides is 1. The Hall–Kier alpha value is -1.13. The highest BCUT2D eigenvalue weighted by Crippen LogP contribution is 2.20. The van der Waals surface area contributed by atoms with Gasteiger partial charge in [-0.25, -0.2) is 0 Å². The highest BCUT2D eigenvalue weighted by atomic mass is 79.9. The summed E-state index contributed by atoms with van der Waals surface area (Å²) in [7, 11) is 0. The highest BCUT2D eigenvalue weighted by molar-refractivity contribution is 9.10. The van der Waals surface area contributed by atoms with Crippen LogP contribution in [0, 0.1) is 0 Å². The van der Waals surface area contributed by atoms with Crippen LogP contribution in [0.25, 0.3) is 0 Å². The van der Waals surface area contributed by atoms with E-state index in [1.165, 1.54) is 0 Å². The first-order valence-electron chi connectivity index (χ1n) is 6.42. The smallest absolute Gasteiger partial charge is 0.251 e. The average Bonchev–Trinajstić information content (AvgIpc) is 2.46. The number of benzene rings is 2. The fourth-order valence-electron chi connectivity index (χ4n) is 1.96. The Labute approximate surface area is 135 Å². The Bertz CT molecular complexity index is 578. The molecule has 0 radical (unpaired) electrons. The van der Waals surface area contributed by atoms with Gasteiger partial charge in [0.15, 0.2) is 0 Å². The van der Waals surface area contributed by atoms with E-state index in [1.807, 2.05) is 48.5 Å². The van der Waals surface area contributed by atoms with E-state index in [2.05, 4.69) is 44.1 Å². The van der Waals surface area contributed by atoms with Crippen molar-refractivity contribution in [1.29, 1.82) is 0 Å². The van der Waals surface area contributed by atoms with Crippen LogP contribution in [0.4, 0.5) is 0 Å². The van der Waals surface area contributed by atoms with E-state index in [-0.39, 0.29) is 11.9 Å². The lowest BCUT2D eigenvalue weighted by Gasteiger charge is -2.17. The molecule has 1 amide bonds. The summed E-state index contributed by atoms with van der Waals surface area (Å²) < 4.78 is 2.00. The van der Waals surface area contributed by atoms with Gasteiger partial charge >= 0.3 is 0 Å². The minimum absolute atomic E-state index is 0.0271. The van der Waals surface area contributed by atoms with Crippen molar-refractivity contribution in [3.05, 3.63) is 68.6 Å². The summed E-state index contributed by atoms with van der Waals surface area (Å²) >= 11 is 6.79. The molecule has 0 saturated carbocycles. The van der Waals surface area contributed by atoms with E-state index in [9.17, 15) is 4.79 Å². The van der Waals surface area contributed by atoms with E-state index < -0.39 is 0 Å². The van der Waals surface area contributed by atoms with Gasteiger partial charge in [0.05, 0.1) is 6.04 Å². The fraction of sp³-hybridized carbons (Fsp3) is 0.188. The monoisotopic (exact) mass is 395 g/mol. The zero-order valence-corrected chi connectivity index (χ0v) is 14.2. The fourth-order valence-corrected chi connectivity index (χ4v) is 2.49. The number of halogens is 2. The van der Waals surface area contributed by atoms with Crippen molar-refractivity contribution < 1.29 is 4.79 Å². The van der Waals surface area contributed by atoms with E-state index in [4.69, 9.17) is 0 Å². The van der Waals surface area contributed by atoms with Gasteiger partial charge in [-0.2, -0.15) is 0 Å². The lowest BCUT2D eigenvalue weighted by molar-refractivity contribution is 0.0935. The topological polar surface area (TPSA) is 29.1 Å². The molecule has 2 rings (SSSR count). The molecular formula is C16H15Br2NO. The Kier molecular flexibility index (Phi) is 5.38. The molecule has 0 bridgehead atoms. The highest BCUT2D eigenvalue weighted by Gasteiger charge is 2.13. The standard InChI is InChI=1S/C16H15Br2NO/c1-2-15(11-3-7-13(17)8-4-11)19-16(20)12-5-9-14(18)10-6-12/h3-10,15H,2H2,1H3,(H,19,20). The predicted molar refractivity (Wildman–Crippen MR) is 88.8 cm³/mol. The van der Waals surface area contributed by atoms with Crippen LogP contribution in [-0.4, -0.2) is 5.91 Å². The first-order chi connectivity index (χ1) is 9.60. The molecule has 2 aromatic rings. The molecule has 0 aliphatic heterocycles. The van der Waals surface area contributed by atoms with Gasteiger partial charge in [0.1, 0.15) is 0 Å². The van der Waals surface area contributed by atoms with Crippen molar-refractivity contribution in [2.75, 3.05) is 0 Å². The van der Waals surface area contributed by atoms with E-state index >= 15 is 0 Å².